The van der Waals surface area contributed by atoms with Crippen LogP contribution in [0.15, 0.2) is 18.2 Å². The number of aryl methyl sites for hydroxylation is 1. The summed E-state index contributed by atoms with van der Waals surface area (Å²) in [6, 6.07) is 5.86. The maximum absolute atomic E-state index is 12.6. The number of fused-ring (bicyclic) bond motifs is 1. The van der Waals surface area contributed by atoms with E-state index in [1.54, 1.807) is 0 Å². The topological polar surface area (TPSA) is 29.1 Å². The Morgan fingerprint density at radius 1 is 1.47 bits per heavy atom. The van der Waals surface area contributed by atoms with Crippen LogP contribution in [0.1, 0.15) is 17.5 Å². The summed E-state index contributed by atoms with van der Waals surface area (Å²) in [6.07, 6.45) is 0.927. The number of benzene rings is 1. The summed E-state index contributed by atoms with van der Waals surface area (Å²) in [6.45, 7) is 1.57. The minimum atomic E-state index is -0.430. The summed E-state index contributed by atoms with van der Waals surface area (Å²) < 4.78 is 12.6. The highest BCUT2D eigenvalue weighted by Crippen LogP contribution is 2.26. The summed E-state index contributed by atoms with van der Waals surface area (Å²) in [5, 5.41) is 2.81. The summed E-state index contributed by atoms with van der Waals surface area (Å²) in [5.41, 5.74) is 3.02. The van der Waals surface area contributed by atoms with Crippen LogP contribution in [0.2, 0.25) is 0 Å². The smallest absolute Gasteiger partial charge is 0.224 e. The van der Waals surface area contributed by atoms with Gasteiger partial charge in [-0.05, 0) is 25.0 Å². The number of carbonyl (C=O) groups excluding carboxylic acids is 1. The fourth-order valence-corrected chi connectivity index (χ4v) is 1.97. The molecule has 1 heterocycles. The molecule has 0 radical (unpaired) electrons. The van der Waals surface area contributed by atoms with Gasteiger partial charge in [0.15, 0.2) is 0 Å². The van der Waals surface area contributed by atoms with Crippen LogP contribution in [0.4, 0.5) is 10.1 Å². The standard InChI is InChI=1S/C12H14FNO/c1-8-2-3-11-10(4-8)5-9(7-13)6-12(15)14-11/h2-4,9H,5-7H2,1H3,(H,14,15). The molecule has 1 aromatic carbocycles. The van der Waals surface area contributed by atoms with Crippen LogP contribution < -0.4 is 5.32 Å². The van der Waals surface area contributed by atoms with Crippen molar-refractivity contribution in [1.29, 1.82) is 0 Å². The molecule has 0 bridgehead atoms. The molecule has 0 saturated carbocycles. The van der Waals surface area contributed by atoms with E-state index in [-0.39, 0.29) is 18.2 Å². The van der Waals surface area contributed by atoms with Gasteiger partial charge in [-0.3, -0.25) is 9.18 Å². The van der Waals surface area contributed by atoms with E-state index in [1.807, 2.05) is 25.1 Å². The summed E-state index contributed by atoms with van der Waals surface area (Å²) in [5.74, 6) is -0.256. The van der Waals surface area contributed by atoms with E-state index in [1.165, 1.54) is 0 Å². The van der Waals surface area contributed by atoms with E-state index < -0.39 is 6.67 Å². The van der Waals surface area contributed by atoms with Crippen LogP contribution in [-0.4, -0.2) is 12.6 Å². The minimum Gasteiger partial charge on any atom is -0.326 e. The molecular weight excluding hydrogens is 193 g/mol. The summed E-state index contributed by atoms with van der Waals surface area (Å²) in [7, 11) is 0. The Hall–Kier alpha value is -1.38. The van der Waals surface area contributed by atoms with Crippen LogP contribution in [0.3, 0.4) is 0 Å². The zero-order chi connectivity index (χ0) is 10.8. The lowest BCUT2D eigenvalue weighted by molar-refractivity contribution is -0.117. The molecule has 2 rings (SSSR count). The molecule has 80 valence electrons. The molecule has 1 amide bonds. The average molecular weight is 207 g/mol. The van der Waals surface area contributed by atoms with Crippen LogP contribution in [0.5, 0.6) is 0 Å². The predicted molar refractivity (Wildman–Crippen MR) is 57.6 cm³/mol. The number of hydrogen-bond acceptors (Lipinski definition) is 1. The van der Waals surface area contributed by atoms with Gasteiger partial charge in [0.1, 0.15) is 0 Å². The summed E-state index contributed by atoms with van der Waals surface area (Å²) in [4.78, 5) is 11.4. The normalized spacial score (nSPS) is 20.4. The second-order valence-electron chi connectivity index (χ2n) is 4.14. The fraction of sp³-hybridized carbons (Fsp3) is 0.417. The van der Waals surface area contributed by atoms with Gasteiger partial charge in [-0.1, -0.05) is 17.7 Å². The van der Waals surface area contributed by atoms with Crippen molar-refractivity contribution in [2.75, 3.05) is 12.0 Å². The highest BCUT2D eigenvalue weighted by atomic mass is 19.1. The second kappa shape index (κ2) is 4.01. The molecule has 0 aliphatic carbocycles. The van der Waals surface area contributed by atoms with E-state index in [2.05, 4.69) is 5.32 Å². The van der Waals surface area contributed by atoms with Crippen molar-refractivity contribution < 1.29 is 9.18 Å². The van der Waals surface area contributed by atoms with Crippen molar-refractivity contribution in [2.45, 2.75) is 19.8 Å². The molecule has 1 atom stereocenters. The Labute approximate surface area is 88.5 Å². The van der Waals surface area contributed by atoms with Crippen LogP contribution >= 0.6 is 0 Å². The van der Waals surface area contributed by atoms with E-state index in [9.17, 15) is 9.18 Å². The first-order valence-corrected chi connectivity index (χ1v) is 5.14. The Morgan fingerprint density at radius 2 is 2.27 bits per heavy atom. The van der Waals surface area contributed by atoms with E-state index in [4.69, 9.17) is 0 Å². The number of halogens is 1. The molecule has 0 aromatic heterocycles. The van der Waals surface area contributed by atoms with Gasteiger partial charge >= 0.3 is 0 Å². The van der Waals surface area contributed by atoms with Crippen molar-refractivity contribution in [3.8, 4) is 0 Å². The molecule has 1 aliphatic rings. The SMILES string of the molecule is Cc1ccc2c(c1)CC(CF)CC(=O)N2. The average Bonchev–Trinajstić information content (AvgIpc) is 2.35. The Bertz CT molecular complexity index is 389. The van der Waals surface area contributed by atoms with Gasteiger partial charge in [0, 0.05) is 18.0 Å². The molecule has 2 nitrogen and oxygen atoms in total. The van der Waals surface area contributed by atoms with Gasteiger partial charge in [0.25, 0.3) is 0 Å². The molecule has 3 heteroatoms. The third-order valence-electron chi connectivity index (χ3n) is 2.74. The van der Waals surface area contributed by atoms with Gasteiger partial charge < -0.3 is 5.32 Å². The molecule has 0 fully saturated rings. The van der Waals surface area contributed by atoms with E-state index in [0.29, 0.717) is 6.42 Å². The second-order valence-corrected chi connectivity index (χ2v) is 4.14. The van der Waals surface area contributed by atoms with Gasteiger partial charge in [-0.15, -0.1) is 0 Å². The van der Waals surface area contributed by atoms with Crippen molar-refractivity contribution in [1.82, 2.24) is 0 Å². The van der Waals surface area contributed by atoms with E-state index in [0.717, 1.165) is 16.8 Å². The quantitative estimate of drug-likeness (QED) is 0.753. The van der Waals surface area contributed by atoms with Gasteiger partial charge in [0.2, 0.25) is 5.91 Å². The van der Waals surface area contributed by atoms with Crippen LogP contribution in [-0.2, 0) is 11.2 Å². The lowest BCUT2D eigenvalue weighted by atomic mass is 9.97. The predicted octanol–water partition coefficient (Wildman–Crippen LogP) is 2.47. The number of hydrogen-bond donors (Lipinski definition) is 1. The Kier molecular flexibility index (Phi) is 2.71. The van der Waals surface area contributed by atoms with Crippen LogP contribution in [0.25, 0.3) is 0 Å². The Morgan fingerprint density at radius 3 is 3.00 bits per heavy atom. The number of alkyl halides is 1. The van der Waals surface area contributed by atoms with Crippen molar-refractivity contribution >= 4 is 11.6 Å². The molecule has 1 aliphatic heterocycles. The number of rotatable bonds is 1. The number of nitrogens with one attached hydrogen (secondary N) is 1. The third kappa shape index (κ3) is 2.17. The fourth-order valence-electron chi connectivity index (χ4n) is 1.97. The van der Waals surface area contributed by atoms with Crippen LogP contribution in [0, 0.1) is 12.8 Å². The first kappa shape index (κ1) is 10.1. The molecule has 15 heavy (non-hydrogen) atoms. The number of carbonyl (C=O) groups is 1. The van der Waals surface area contributed by atoms with Gasteiger partial charge in [-0.25, -0.2) is 0 Å². The lowest BCUT2D eigenvalue weighted by Gasteiger charge is -2.09. The number of anilines is 1. The van der Waals surface area contributed by atoms with Crippen molar-refractivity contribution in [3.05, 3.63) is 29.3 Å². The summed E-state index contributed by atoms with van der Waals surface area (Å²) >= 11 is 0. The molecule has 1 N–H and O–H groups in total. The Balaban J connectivity index is 2.36. The zero-order valence-electron chi connectivity index (χ0n) is 8.72. The maximum Gasteiger partial charge on any atom is 0.224 e. The molecule has 1 aromatic rings. The minimum absolute atomic E-state index is 0.0831. The molecule has 1 unspecified atom stereocenters. The van der Waals surface area contributed by atoms with Crippen molar-refractivity contribution in [2.24, 2.45) is 5.92 Å². The maximum atomic E-state index is 12.6. The third-order valence-corrected chi connectivity index (χ3v) is 2.74. The lowest BCUT2D eigenvalue weighted by Crippen LogP contribution is -2.14. The molecule has 0 spiro atoms. The van der Waals surface area contributed by atoms with E-state index >= 15 is 0 Å². The largest absolute Gasteiger partial charge is 0.326 e. The highest BCUT2D eigenvalue weighted by Gasteiger charge is 2.21. The first-order chi connectivity index (χ1) is 7.19. The monoisotopic (exact) mass is 207 g/mol. The van der Waals surface area contributed by atoms with Gasteiger partial charge in [-0.2, -0.15) is 0 Å². The van der Waals surface area contributed by atoms with Gasteiger partial charge in [0.05, 0.1) is 6.67 Å². The zero-order valence-corrected chi connectivity index (χ0v) is 8.72. The molecular formula is C12H14FNO. The molecule has 0 saturated heterocycles. The number of amides is 1. The first-order valence-electron chi connectivity index (χ1n) is 5.14. The highest BCUT2D eigenvalue weighted by molar-refractivity contribution is 5.92. The van der Waals surface area contributed by atoms with Crippen molar-refractivity contribution in [3.63, 3.8) is 0 Å².